The zero-order chi connectivity index (χ0) is 9.64. The number of thiophene rings is 1. The molecular weight excluding hydrogens is 226 g/mol. The number of nitrogens with one attached hydrogen (secondary N) is 1. The Morgan fingerprint density at radius 1 is 1.27 bits per heavy atom. The van der Waals surface area contributed by atoms with Gasteiger partial charge in [-0.1, -0.05) is 25.3 Å². The molecule has 1 heterocycles. The third kappa shape index (κ3) is 4.54. The molecule has 0 radical (unpaired) electrons. The van der Waals surface area contributed by atoms with Crippen LogP contribution in [0.1, 0.15) is 37.0 Å². The van der Waals surface area contributed by atoms with Crippen LogP contribution in [0, 0.1) is 5.92 Å². The average molecular weight is 246 g/mol. The minimum absolute atomic E-state index is 0. The molecule has 1 fully saturated rings. The molecule has 1 aliphatic rings. The maximum Gasteiger partial charge on any atom is 0.0299 e. The van der Waals surface area contributed by atoms with Gasteiger partial charge in [0.25, 0.3) is 0 Å². The van der Waals surface area contributed by atoms with Gasteiger partial charge in [0.15, 0.2) is 0 Å². The maximum absolute atomic E-state index is 3.57. The van der Waals surface area contributed by atoms with E-state index in [-0.39, 0.29) is 12.4 Å². The van der Waals surface area contributed by atoms with Crippen molar-refractivity contribution in [3.05, 3.63) is 22.4 Å². The fourth-order valence-electron chi connectivity index (χ4n) is 2.20. The van der Waals surface area contributed by atoms with Crippen molar-refractivity contribution in [3.8, 4) is 0 Å². The van der Waals surface area contributed by atoms with Gasteiger partial charge in [0.05, 0.1) is 0 Å². The van der Waals surface area contributed by atoms with Gasteiger partial charge >= 0.3 is 0 Å². The lowest BCUT2D eigenvalue weighted by molar-refractivity contribution is 0.342. The Morgan fingerprint density at radius 2 is 2.07 bits per heavy atom. The molecule has 3 heteroatoms. The van der Waals surface area contributed by atoms with Crippen LogP contribution in [0.5, 0.6) is 0 Å². The first-order valence-corrected chi connectivity index (χ1v) is 6.56. The molecule has 0 aliphatic heterocycles. The molecule has 0 spiro atoms. The van der Waals surface area contributed by atoms with Gasteiger partial charge in [-0.2, -0.15) is 0 Å². The van der Waals surface area contributed by atoms with E-state index in [1.165, 1.54) is 43.5 Å². The van der Waals surface area contributed by atoms with Crippen molar-refractivity contribution in [2.24, 2.45) is 5.92 Å². The second kappa shape index (κ2) is 7.26. The largest absolute Gasteiger partial charge is 0.312 e. The average Bonchev–Trinajstić information content (AvgIpc) is 2.72. The van der Waals surface area contributed by atoms with Crippen molar-refractivity contribution in [1.82, 2.24) is 5.32 Å². The Hall–Kier alpha value is -0.0500. The Labute approximate surface area is 103 Å². The second-order valence-electron chi connectivity index (χ2n) is 4.21. The van der Waals surface area contributed by atoms with Crippen molar-refractivity contribution in [3.63, 3.8) is 0 Å². The zero-order valence-corrected chi connectivity index (χ0v) is 10.7. The molecule has 1 saturated carbocycles. The molecule has 1 aromatic rings. The fraction of sp³-hybridized carbons (Fsp3) is 0.667. The smallest absolute Gasteiger partial charge is 0.0299 e. The number of hydrogen-bond acceptors (Lipinski definition) is 2. The number of hydrogen-bond donors (Lipinski definition) is 1. The van der Waals surface area contributed by atoms with E-state index in [1.807, 2.05) is 11.3 Å². The first kappa shape index (κ1) is 13.0. The Kier molecular flexibility index (Phi) is 6.30. The summed E-state index contributed by atoms with van der Waals surface area (Å²) in [6.45, 7) is 2.28. The highest BCUT2D eigenvalue weighted by atomic mass is 35.5. The summed E-state index contributed by atoms with van der Waals surface area (Å²) in [6, 6.07) is 4.33. The Bertz CT molecular complexity index is 242. The van der Waals surface area contributed by atoms with Crippen LogP contribution in [0.15, 0.2) is 17.5 Å². The number of halogens is 1. The summed E-state index contributed by atoms with van der Waals surface area (Å²) in [5, 5.41) is 5.72. The fourth-order valence-corrected chi connectivity index (χ4v) is 2.88. The van der Waals surface area contributed by atoms with Gasteiger partial charge in [-0.3, -0.25) is 0 Å². The molecule has 0 amide bonds. The van der Waals surface area contributed by atoms with Crippen LogP contribution >= 0.6 is 23.7 Å². The Morgan fingerprint density at radius 3 is 2.73 bits per heavy atom. The lowest BCUT2D eigenvalue weighted by Gasteiger charge is -2.21. The van der Waals surface area contributed by atoms with Crippen molar-refractivity contribution in [2.75, 3.05) is 6.54 Å². The van der Waals surface area contributed by atoms with Crippen LogP contribution in [0.2, 0.25) is 0 Å². The van der Waals surface area contributed by atoms with E-state index >= 15 is 0 Å². The summed E-state index contributed by atoms with van der Waals surface area (Å²) in [5.41, 5.74) is 0. The molecule has 2 rings (SSSR count). The minimum Gasteiger partial charge on any atom is -0.312 e. The quantitative estimate of drug-likeness (QED) is 0.850. The molecule has 86 valence electrons. The van der Waals surface area contributed by atoms with Gasteiger partial charge in [0.1, 0.15) is 0 Å². The van der Waals surface area contributed by atoms with Crippen LogP contribution in [0.4, 0.5) is 0 Å². The third-order valence-electron chi connectivity index (χ3n) is 3.04. The van der Waals surface area contributed by atoms with Gasteiger partial charge in [0, 0.05) is 11.4 Å². The van der Waals surface area contributed by atoms with Crippen LogP contribution in [0.25, 0.3) is 0 Å². The van der Waals surface area contributed by atoms with Gasteiger partial charge in [-0.25, -0.2) is 0 Å². The van der Waals surface area contributed by atoms with Gasteiger partial charge in [0.2, 0.25) is 0 Å². The van der Waals surface area contributed by atoms with Crippen LogP contribution in [-0.2, 0) is 6.54 Å². The summed E-state index contributed by atoms with van der Waals surface area (Å²) >= 11 is 1.85. The van der Waals surface area contributed by atoms with Crippen molar-refractivity contribution in [1.29, 1.82) is 0 Å². The molecule has 0 unspecified atom stereocenters. The first-order chi connectivity index (χ1) is 6.95. The predicted molar refractivity (Wildman–Crippen MR) is 69.8 cm³/mol. The third-order valence-corrected chi connectivity index (χ3v) is 3.91. The molecule has 1 N–H and O–H groups in total. The van der Waals surface area contributed by atoms with Crippen molar-refractivity contribution in [2.45, 2.75) is 38.6 Å². The van der Waals surface area contributed by atoms with Crippen molar-refractivity contribution >= 4 is 23.7 Å². The van der Waals surface area contributed by atoms with E-state index in [2.05, 4.69) is 22.8 Å². The first-order valence-electron chi connectivity index (χ1n) is 5.68. The van der Waals surface area contributed by atoms with E-state index in [9.17, 15) is 0 Å². The van der Waals surface area contributed by atoms with E-state index in [0.29, 0.717) is 0 Å². The molecular formula is C12H20ClNS. The van der Waals surface area contributed by atoms with Gasteiger partial charge in [-0.15, -0.1) is 23.7 Å². The molecule has 1 nitrogen and oxygen atoms in total. The SMILES string of the molecule is Cl.c1csc(CNCC2CCCCC2)c1. The highest BCUT2D eigenvalue weighted by Gasteiger charge is 2.12. The molecule has 0 aromatic carbocycles. The van der Waals surface area contributed by atoms with E-state index in [4.69, 9.17) is 0 Å². The Balaban J connectivity index is 0.00000112. The molecule has 0 atom stereocenters. The highest BCUT2D eigenvalue weighted by Crippen LogP contribution is 2.22. The molecule has 0 bridgehead atoms. The standard InChI is InChI=1S/C12H19NS.ClH/c1-2-5-11(6-3-1)9-13-10-12-7-4-8-14-12;/h4,7-8,11,13H,1-3,5-6,9-10H2;1H. The summed E-state index contributed by atoms with van der Waals surface area (Å²) < 4.78 is 0. The topological polar surface area (TPSA) is 12.0 Å². The highest BCUT2D eigenvalue weighted by molar-refractivity contribution is 7.09. The second-order valence-corrected chi connectivity index (χ2v) is 5.25. The minimum atomic E-state index is 0. The normalized spacial score (nSPS) is 17.3. The van der Waals surface area contributed by atoms with Gasteiger partial charge in [-0.05, 0) is 36.8 Å². The molecule has 0 saturated heterocycles. The maximum atomic E-state index is 3.57. The molecule has 15 heavy (non-hydrogen) atoms. The van der Waals surface area contributed by atoms with E-state index in [0.717, 1.165) is 12.5 Å². The van der Waals surface area contributed by atoms with Crippen LogP contribution < -0.4 is 5.32 Å². The summed E-state index contributed by atoms with van der Waals surface area (Å²) in [4.78, 5) is 1.46. The number of rotatable bonds is 4. The molecule has 1 aromatic heterocycles. The summed E-state index contributed by atoms with van der Waals surface area (Å²) in [7, 11) is 0. The van der Waals surface area contributed by atoms with Gasteiger partial charge < -0.3 is 5.32 Å². The zero-order valence-electron chi connectivity index (χ0n) is 9.08. The monoisotopic (exact) mass is 245 g/mol. The lowest BCUT2D eigenvalue weighted by atomic mass is 9.89. The van der Waals surface area contributed by atoms with E-state index < -0.39 is 0 Å². The lowest BCUT2D eigenvalue weighted by Crippen LogP contribution is -2.23. The predicted octanol–water partition coefficient (Wildman–Crippen LogP) is 3.84. The van der Waals surface area contributed by atoms with Crippen LogP contribution in [-0.4, -0.2) is 6.54 Å². The summed E-state index contributed by atoms with van der Waals surface area (Å²) in [6.07, 6.45) is 7.24. The van der Waals surface area contributed by atoms with Crippen LogP contribution in [0.3, 0.4) is 0 Å². The summed E-state index contributed by atoms with van der Waals surface area (Å²) in [5.74, 6) is 0.948. The van der Waals surface area contributed by atoms with Crippen molar-refractivity contribution < 1.29 is 0 Å². The van der Waals surface area contributed by atoms with E-state index in [1.54, 1.807) is 0 Å². The molecule has 1 aliphatic carbocycles.